The van der Waals surface area contributed by atoms with Crippen molar-refractivity contribution >= 4 is 39.1 Å². The van der Waals surface area contributed by atoms with Gasteiger partial charge < -0.3 is 5.32 Å². The first kappa shape index (κ1) is 16.8. The smallest absolute Gasteiger partial charge is 0.0595 e. The molecule has 4 heteroatoms. The molecule has 0 saturated carbocycles. The van der Waals surface area contributed by atoms with E-state index in [1.165, 1.54) is 16.7 Å². The van der Waals surface area contributed by atoms with Gasteiger partial charge in [-0.05, 0) is 54.8 Å². The third-order valence-corrected chi connectivity index (χ3v) is 5.47. The van der Waals surface area contributed by atoms with Gasteiger partial charge >= 0.3 is 0 Å². The zero-order chi connectivity index (χ0) is 15.6. The molecule has 2 aromatic carbocycles. The fourth-order valence-corrected chi connectivity index (χ4v) is 3.01. The van der Waals surface area contributed by atoms with Crippen LogP contribution in [0.1, 0.15) is 35.2 Å². The van der Waals surface area contributed by atoms with Crippen molar-refractivity contribution in [3.63, 3.8) is 0 Å². The van der Waals surface area contributed by atoms with E-state index in [-0.39, 0.29) is 6.04 Å². The molecule has 1 atom stereocenters. The van der Waals surface area contributed by atoms with Crippen molar-refractivity contribution < 1.29 is 0 Å². The fraction of sp³-hybridized carbons (Fsp3) is 0.294. The molecule has 0 aliphatic heterocycles. The summed E-state index contributed by atoms with van der Waals surface area (Å²) in [6, 6.07) is 10.3. The lowest BCUT2D eigenvalue weighted by molar-refractivity contribution is 0.630. The van der Waals surface area contributed by atoms with Crippen molar-refractivity contribution in [3.8, 4) is 0 Å². The second-order valence-electron chi connectivity index (χ2n) is 5.13. The van der Waals surface area contributed by atoms with Crippen LogP contribution in [-0.4, -0.2) is 6.54 Å². The van der Waals surface area contributed by atoms with Gasteiger partial charge in [0.1, 0.15) is 0 Å². The maximum absolute atomic E-state index is 6.17. The van der Waals surface area contributed by atoms with Crippen LogP contribution in [0.3, 0.4) is 0 Å². The third-order valence-electron chi connectivity index (χ3n) is 3.48. The van der Waals surface area contributed by atoms with Crippen LogP contribution in [0.25, 0.3) is 0 Å². The quantitative estimate of drug-likeness (QED) is 0.672. The van der Waals surface area contributed by atoms with Crippen LogP contribution in [0.15, 0.2) is 34.8 Å². The van der Waals surface area contributed by atoms with E-state index in [0.29, 0.717) is 10.0 Å². The Morgan fingerprint density at radius 2 is 1.62 bits per heavy atom. The highest BCUT2D eigenvalue weighted by Crippen LogP contribution is 2.31. The van der Waals surface area contributed by atoms with Crippen LogP contribution in [0.5, 0.6) is 0 Å². The predicted octanol–water partition coefficient (Wildman–Crippen LogP) is 6.07. The first-order chi connectivity index (χ1) is 9.93. The summed E-state index contributed by atoms with van der Waals surface area (Å²) in [5, 5.41) is 4.69. The molecule has 0 aliphatic carbocycles. The molecule has 21 heavy (non-hydrogen) atoms. The number of halogens is 3. The Kier molecular flexibility index (Phi) is 5.73. The van der Waals surface area contributed by atoms with E-state index in [9.17, 15) is 0 Å². The zero-order valence-corrected chi connectivity index (χ0v) is 15.4. The summed E-state index contributed by atoms with van der Waals surface area (Å²) in [7, 11) is 0. The van der Waals surface area contributed by atoms with Gasteiger partial charge in [-0.1, -0.05) is 64.3 Å². The monoisotopic (exact) mass is 385 g/mol. The van der Waals surface area contributed by atoms with Crippen molar-refractivity contribution in [2.24, 2.45) is 0 Å². The Morgan fingerprint density at radius 3 is 2.14 bits per heavy atom. The molecule has 0 spiro atoms. The number of hydrogen-bond acceptors (Lipinski definition) is 1. The van der Waals surface area contributed by atoms with Crippen LogP contribution in [0, 0.1) is 13.8 Å². The SMILES string of the molecule is CCNC(c1cc(C)c(Br)c(C)c1)c1ccc(Cl)c(Cl)c1. The van der Waals surface area contributed by atoms with E-state index in [1.54, 1.807) is 0 Å². The van der Waals surface area contributed by atoms with Crippen LogP contribution in [0.4, 0.5) is 0 Å². The minimum atomic E-state index is 0.107. The number of hydrogen-bond donors (Lipinski definition) is 1. The Bertz CT molecular complexity index is 632. The highest BCUT2D eigenvalue weighted by Gasteiger charge is 2.16. The van der Waals surface area contributed by atoms with Gasteiger partial charge in [0.15, 0.2) is 0 Å². The van der Waals surface area contributed by atoms with Gasteiger partial charge in [-0.3, -0.25) is 0 Å². The van der Waals surface area contributed by atoms with Crippen LogP contribution < -0.4 is 5.32 Å². The van der Waals surface area contributed by atoms with E-state index in [0.717, 1.165) is 16.6 Å². The number of rotatable bonds is 4. The van der Waals surface area contributed by atoms with Gasteiger partial charge in [0, 0.05) is 4.47 Å². The third kappa shape index (κ3) is 3.81. The molecule has 112 valence electrons. The molecule has 1 nitrogen and oxygen atoms in total. The van der Waals surface area contributed by atoms with Crippen LogP contribution in [-0.2, 0) is 0 Å². The Balaban J connectivity index is 2.50. The van der Waals surface area contributed by atoms with Crippen molar-refractivity contribution in [1.29, 1.82) is 0 Å². The van der Waals surface area contributed by atoms with E-state index in [2.05, 4.69) is 54.2 Å². The van der Waals surface area contributed by atoms with E-state index < -0.39 is 0 Å². The first-order valence-electron chi connectivity index (χ1n) is 6.89. The molecule has 0 aromatic heterocycles. The lowest BCUT2D eigenvalue weighted by atomic mass is 9.95. The molecule has 0 heterocycles. The van der Waals surface area contributed by atoms with Crippen molar-refractivity contribution in [2.45, 2.75) is 26.8 Å². The lowest BCUT2D eigenvalue weighted by Crippen LogP contribution is -2.22. The molecular weight excluding hydrogens is 369 g/mol. The summed E-state index contributed by atoms with van der Waals surface area (Å²) >= 11 is 15.8. The van der Waals surface area contributed by atoms with E-state index in [1.807, 2.05) is 18.2 Å². The molecule has 0 fully saturated rings. The van der Waals surface area contributed by atoms with Gasteiger partial charge in [0.25, 0.3) is 0 Å². The van der Waals surface area contributed by atoms with Crippen molar-refractivity contribution in [1.82, 2.24) is 5.32 Å². The maximum Gasteiger partial charge on any atom is 0.0595 e. The van der Waals surface area contributed by atoms with Gasteiger partial charge in [-0.2, -0.15) is 0 Å². The second-order valence-corrected chi connectivity index (χ2v) is 6.74. The van der Waals surface area contributed by atoms with E-state index in [4.69, 9.17) is 23.2 Å². The largest absolute Gasteiger partial charge is 0.307 e. The molecule has 1 unspecified atom stereocenters. The van der Waals surface area contributed by atoms with Crippen LogP contribution >= 0.6 is 39.1 Å². The minimum Gasteiger partial charge on any atom is -0.307 e. The van der Waals surface area contributed by atoms with Gasteiger partial charge in [-0.25, -0.2) is 0 Å². The zero-order valence-electron chi connectivity index (χ0n) is 12.3. The summed E-state index contributed by atoms with van der Waals surface area (Å²) < 4.78 is 1.16. The minimum absolute atomic E-state index is 0.107. The van der Waals surface area contributed by atoms with Crippen molar-refractivity contribution in [2.75, 3.05) is 6.54 Å². The number of aryl methyl sites for hydroxylation is 2. The Morgan fingerprint density at radius 1 is 1.00 bits per heavy atom. The summed E-state index contributed by atoms with van der Waals surface area (Å²) in [4.78, 5) is 0. The molecule has 0 amide bonds. The summed E-state index contributed by atoms with van der Waals surface area (Å²) in [5.74, 6) is 0. The molecule has 2 rings (SSSR count). The topological polar surface area (TPSA) is 12.0 Å². The average Bonchev–Trinajstić information content (AvgIpc) is 2.45. The Labute approximate surface area is 144 Å². The second kappa shape index (κ2) is 7.15. The molecule has 0 saturated heterocycles. The van der Waals surface area contributed by atoms with Gasteiger partial charge in [0.2, 0.25) is 0 Å². The summed E-state index contributed by atoms with van der Waals surface area (Å²) in [6.45, 7) is 7.19. The molecule has 1 N–H and O–H groups in total. The van der Waals surface area contributed by atoms with E-state index >= 15 is 0 Å². The number of nitrogens with one attached hydrogen (secondary N) is 1. The average molecular weight is 387 g/mol. The lowest BCUT2D eigenvalue weighted by Gasteiger charge is -2.21. The molecule has 0 bridgehead atoms. The first-order valence-corrected chi connectivity index (χ1v) is 8.44. The number of benzene rings is 2. The van der Waals surface area contributed by atoms with Crippen LogP contribution in [0.2, 0.25) is 10.0 Å². The van der Waals surface area contributed by atoms with Crippen molar-refractivity contribution in [3.05, 3.63) is 67.1 Å². The molecule has 2 aromatic rings. The standard InChI is InChI=1S/C17H18BrCl2N/c1-4-21-17(12-5-6-14(19)15(20)9-12)13-7-10(2)16(18)11(3)8-13/h5-9,17,21H,4H2,1-3H3. The molecule has 0 aliphatic rings. The highest BCUT2D eigenvalue weighted by atomic mass is 79.9. The summed E-state index contributed by atoms with van der Waals surface area (Å²) in [6.07, 6.45) is 0. The summed E-state index contributed by atoms with van der Waals surface area (Å²) in [5.41, 5.74) is 4.81. The Hall–Kier alpha value is -0.540. The highest BCUT2D eigenvalue weighted by molar-refractivity contribution is 9.10. The predicted molar refractivity (Wildman–Crippen MR) is 95.6 cm³/mol. The van der Waals surface area contributed by atoms with Gasteiger partial charge in [0.05, 0.1) is 16.1 Å². The maximum atomic E-state index is 6.17. The fourth-order valence-electron chi connectivity index (χ4n) is 2.47. The molecule has 0 radical (unpaired) electrons. The molecular formula is C17H18BrCl2N. The normalized spacial score (nSPS) is 12.5. The van der Waals surface area contributed by atoms with Gasteiger partial charge in [-0.15, -0.1) is 0 Å².